The Labute approximate surface area is 111 Å². The highest BCUT2D eigenvalue weighted by atomic mass is 35.5. The van der Waals surface area contributed by atoms with Gasteiger partial charge in [-0.2, -0.15) is 18.3 Å². The second kappa shape index (κ2) is 5.01. The molecule has 9 heteroatoms. The molecule has 2 heterocycles. The number of rotatable bonds is 2. The van der Waals surface area contributed by atoms with Gasteiger partial charge in [0.25, 0.3) is 5.25 Å². The second-order valence-corrected chi connectivity index (χ2v) is 4.60. The van der Waals surface area contributed by atoms with Crippen LogP contribution in [0.4, 0.5) is 13.2 Å². The summed E-state index contributed by atoms with van der Waals surface area (Å²) in [6.07, 6.45) is -2.85. The maximum absolute atomic E-state index is 12.3. The van der Waals surface area contributed by atoms with Crippen molar-refractivity contribution in [1.82, 2.24) is 10.2 Å². The lowest BCUT2D eigenvalue weighted by Gasteiger charge is -2.30. The number of alkyl halides is 4. The molecule has 1 saturated heterocycles. The van der Waals surface area contributed by atoms with E-state index >= 15 is 0 Å². The topological polar surface area (TPSA) is 64.2 Å². The average molecular weight is 299 g/mol. The van der Waals surface area contributed by atoms with Gasteiger partial charge in [0.15, 0.2) is 5.69 Å². The number of carbonyl (C=O) groups is 1. The number of H-pyrrole nitrogens is 1. The van der Waals surface area contributed by atoms with Gasteiger partial charge in [-0.15, -0.1) is 0 Å². The van der Waals surface area contributed by atoms with Crippen molar-refractivity contribution in [2.45, 2.75) is 30.7 Å². The molecule has 0 aromatic carbocycles. The summed E-state index contributed by atoms with van der Waals surface area (Å²) in [5.41, 5.74) is -1.63. The SMILES string of the molecule is O=C(OC1(Cl)CCCCO1)c1cc(C(F)(F)F)[nH]n1. The van der Waals surface area contributed by atoms with Gasteiger partial charge in [0.05, 0.1) is 6.61 Å². The maximum atomic E-state index is 12.3. The molecule has 1 aromatic heterocycles. The molecule has 1 atom stereocenters. The fourth-order valence-corrected chi connectivity index (χ4v) is 1.86. The van der Waals surface area contributed by atoms with E-state index in [9.17, 15) is 18.0 Å². The van der Waals surface area contributed by atoms with E-state index in [1.807, 2.05) is 0 Å². The summed E-state index contributed by atoms with van der Waals surface area (Å²) < 4.78 is 46.9. The number of aromatic amines is 1. The van der Waals surface area contributed by atoms with Crippen LogP contribution in [0.2, 0.25) is 0 Å². The Morgan fingerprint density at radius 3 is 2.79 bits per heavy atom. The molecule has 1 unspecified atom stereocenters. The van der Waals surface area contributed by atoms with Gasteiger partial charge in [-0.25, -0.2) is 4.79 Å². The van der Waals surface area contributed by atoms with Gasteiger partial charge in [-0.05, 0) is 24.4 Å². The zero-order valence-corrected chi connectivity index (χ0v) is 10.3. The maximum Gasteiger partial charge on any atom is 0.432 e. The molecule has 19 heavy (non-hydrogen) atoms. The molecule has 0 amide bonds. The minimum absolute atomic E-state index is 0.275. The molecule has 0 aliphatic carbocycles. The van der Waals surface area contributed by atoms with Gasteiger partial charge in [-0.3, -0.25) is 5.10 Å². The molecule has 106 valence electrons. The zero-order chi connectivity index (χ0) is 14.1. The standard InChI is InChI=1S/C10H10ClF3N2O3/c11-9(3-1-2-4-18-9)19-8(17)6-5-7(16-15-6)10(12,13)14/h5H,1-4H2,(H,15,16). The molecule has 0 bridgehead atoms. The number of hydrogen-bond donors (Lipinski definition) is 1. The highest BCUT2D eigenvalue weighted by Crippen LogP contribution is 2.32. The minimum Gasteiger partial charge on any atom is -0.413 e. The summed E-state index contributed by atoms with van der Waals surface area (Å²) in [6, 6.07) is 0.561. The van der Waals surface area contributed by atoms with Crippen molar-refractivity contribution in [2.24, 2.45) is 0 Å². The number of hydrogen-bond acceptors (Lipinski definition) is 4. The van der Waals surface area contributed by atoms with Crippen LogP contribution in [0.25, 0.3) is 0 Å². The van der Waals surface area contributed by atoms with Gasteiger partial charge >= 0.3 is 12.1 Å². The number of carbonyl (C=O) groups excluding carboxylic acids is 1. The first-order valence-corrected chi connectivity index (χ1v) is 5.87. The Morgan fingerprint density at radius 2 is 2.26 bits per heavy atom. The van der Waals surface area contributed by atoms with E-state index < -0.39 is 28.8 Å². The van der Waals surface area contributed by atoms with Gasteiger partial charge in [-0.1, -0.05) is 0 Å². The van der Waals surface area contributed by atoms with Gasteiger partial charge < -0.3 is 9.47 Å². The molecule has 0 saturated carbocycles. The zero-order valence-electron chi connectivity index (χ0n) is 9.59. The fourth-order valence-electron chi connectivity index (χ4n) is 1.58. The molecule has 1 aromatic rings. The number of halogens is 4. The van der Waals surface area contributed by atoms with Crippen molar-refractivity contribution < 1.29 is 27.4 Å². The van der Waals surface area contributed by atoms with Crippen LogP contribution in [0.15, 0.2) is 6.07 Å². The van der Waals surface area contributed by atoms with Crippen molar-refractivity contribution in [3.05, 3.63) is 17.5 Å². The van der Waals surface area contributed by atoms with E-state index in [-0.39, 0.29) is 6.42 Å². The average Bonchev–Trinajstić information content (AvgIpc) is 2.78. The number of esters is 1. The monoisotopic (exact) mass is 298 g/mol. The Bertz CT molecular complexity index is 469. The molecule has 1 fully saturated rings. The number of aromatic nitrogens is 2. The smallest absolute Gasteiger partial charge is 0.413 e. The quantitative estimate of drug-likeness (QED) is 0.673. The van der Waals surface area contributed by atoms with Crippen LogP contribution in [-0.4, -0.2) is 28.0 Å². The largest absolute Gasteiger partial charge is 0.432 e. The van der Waals surface area contributed by atoms with Crippen molar-refractivity contribution in [1.29, 1.82) is 0 Å². The highest BCUT2D eigenvalue weighted by molar-refractivity contribution is 6.22. The van der Waals surface area contributed by atoms with Crippen LogP contribution in [0.5, 0.6) is 0 Å². The Balaban J connectivity index is 2.05. The predicted molar refractivity (Wildman–Crippen MR) is 57.4 cm³/mol. The van der Waals surface area contributed by atoms with Gasteiger partial charge in [0.1, 0.15) is 5.69 Å². The van der Waals surface area contributed by atoms with Crippen molar-refractivity contribution >= 4 is 17.6 Å². The third kappa shape index (κ3) is 3.38. The molecule has 0 spiro atoms. The van der Waals surface area contributed by atoms with Crippen molar-refractivity contribution in [2.75, 3.05) is 6.61 Å². The van der Waals surface area contributed by atoms with Gasteiger partial charge in [0.2, 0.25) is 0 Å². The van der Waals surface area contributed by atoms with E-state index in [1.54, 1.807) is 5.10 Å². The third-order valence-electron chi connectivity index (χ3n) is 2.52. The molecule has 0 radical (unpaired) electrons. The van der Waals surface area contributed by atoms with E-state index in [4.69, 9.17) is 21.1 Å². The Kier molecular flexibility index (Phi) is 3.73. The lowest BCUT2D eigenvalue weighted by Crippen LogP contribution is -2.35. The Morgan fingerprint density at radius 1 is 1.53 bits per heavy atom. The summed E-state index contributed by atoms with van der Waals surface area (Å²) in [5, 5.41) is 3.34. The van der Waals surface area contributed by atoms with Crippen LogP contribution in [0, 0.1) is 0 Å². The van der Waals surface area contributed by atoms with E-state index in [0.29, 0.717) is 19.1 Å². The molecule has 1 aliphatic rings. The molecule has 2 rings (SSSR count). The normalized spacial score (nSPS) is 24.2. The van der Waals surface area contributed by atoms with Crippen molar-refractivity contribution in [3.63, 3.8) is 0 Å². The molecule has 5 nitrogen and oxygen atoms in total. The van der Waals surface area contributed by atoms with Crippen LogP contribution >= 0.6 is 11.6 Å². The number of ether oxygens (including phenoxy) is 2. The third-order valence-corrected chi connectivity index (χ3v) is 2.90. The molecular weight excluding hydrogens is 289 g/mol. The number of nitrogens with zero attached hydrogens (tertiary/aromatic N) is 1. The number of nitrogens with one attached hydrogen (secondary N) is 1. The molecule has 1 N–H and O–H groups in total. The fraction of sp³-hybridized carbons (Fsp3) is 0.600. The molecular formula is C10H10ClF3N2O3. The summed E-state index contributed by atoms with van der Waals surface area (Å²) in [5.74, 6) is -1.07. The minimum atomic E-state index is -4.61. The van der Waals surface area contributed by atoms with Crippen LogP contribution in [-0.2, 0) is 15.7 Å². The Hall–Kier alpha value is -1.28. The van der Waals surface area contributed by atoms with E-state index in [1.165, 1.54) is 0 Å². The first-order valence-electron chi connectivity index (χ1n) is 5.49. The van der Waals surface area contributed by atoms with E-state index in [0.717, 1.165) is 6.42 Å². The first-order chi connectivity index (χ1) is 8.80. The van der Waals surface area contributed by atoms with Crippen LogP contribution in [0.1, 0.15) is 35.4 Å². The van der Waals surface area contributed by atoms with Crippen LogP contribution in [0.3, 0.4) is 0 Å². The van der Waals surface area contributed by atoms with Gasteiger partial charge in [0, 0.05) is 12.5 Å². The summed E-state index contributed by atoms with van der Waals surface area (Å²) in [6.45, 7) is 0.325. The first kappa shape index (κ1) is 14.1. The van der Waals surface area contributed by atoms with E-state index in [2.05, 4.69) is 5.10 Å². The highest BCUT2D eigenvalue weighted by Gasteiger charge is 2.38. The van der Waals surface area contributed by atoms with Crippen molar-refractivity contribution in [3.8, 4) is 0 Å². The summed E-state index contributed by atoms with van der Waals surface area (Å²) in [4.78, 5) is 11.6. The lowest BCUT2D eigenvalue weighted by molar-refractivity contribution is -0.165. The lowest BCUT2D eigenvalue weighted by atomic mass is 10.2. The molecule has 1 aliphatic heterocycles. The summed E-state index contributed by atoms with van der Waals surface area (Å²) in [7, 11) is 0. The summed E-state index contributed by atoms with van der Waals surface area (Å²) >= 11 is 5.89. The predicted octanol–water partition coefficient (Wildman–Crippen LogP) is 2.68. The van der Waals surface area contributed by atoms with Crippen LogP contribution < -0.4 is 0 Å². The second-order valence-electron chi connectivity index (χ2n) is 4.02.